The van der Waals surface area contributed by atoms with E-state index < -0.39 is 23.2 Å². The van der Waals surface area contributed by atoms with Crippen LogP contribution in [-0.4, -0.2) is 17.4 Å². The van der Waals surface area contributed by atoms with Gasteiger partial charge >= 0.3 is 5.97 Å². The maximum atomic E-state index is 13.1. The minimum absolute atomic E-state index is 0.129. The summed E-state index contributed by atoms with van der Waals surface area (Å²) in [5.74, 6) is -3.94. The van der Waals surface area contributed by atoms with Crippen LogP contribution in [-0.2, 0) is 4.79 Å². The van der Waals surface area contributed by atoms with Gasteiger partial charge in [0.25, 0.3) is 0 Å². The van der Waals surface area contributed by atoms with Crippen LogP contribution in [0.25, 0.3) is 6.08 Å². The van der Waals surface area contributed by atoms with Gasteiger partial charge in [0.1, 0.15) is 23.5 Å². The Kier molecular flexibility index (Phi) is 3.88. The SMILES string of the molecule is O=CCC=Cc1cc(F)c(C(=O)O)c(F)c1. The quantitative estimate of drug-likeness (QED) is 0.801. The average Bonchev–Trinajstić information content (AvgIpc) is 2.16. The third-order valence-corrected chi connectivity index (χ3v) is 1.82. The summed E-state index contributed by atoms with van der Waals surface area (Å²) in [5, 5.41) is 8.51. The van der Waals surface area contributed by atoms with E-state index in [0.717, 1.165) is 12.1 Å². The van der Waals surface area contributed by atoms with E-state index in [1.54, 1.807) is 0 Å². The third kappa shape index (κ3) is 2.73. The van der Waals surface area contributed by atoms with E-state index >= 15 is 0 Å². The number of halogens is 2. The van der Waals surface area contributed by atoms with Crippen LogP contribution in [0, 0.1) is 11.6 Å². The van der Waals surface area contributed by atoms with E-state index in [-0.39, 0.29) is 12.0 Å². The second-order valence-corrected chi connectivity index (χ2v) is 2.97. The second-order valence-electron chi connectivity index (χ2n) is 2.97. The van der Waals surface area contributed by atoms with Gasteiger partial charge in [0.15, 0.2) is 0 Å². The Balaban J connectivity index is 3.09. The summed E-state index contributed by atoms with van der Waals surface area (Å²) in [7, 11) is 0. The molecule has 0 aromatic heterocycles. The predicted molar refractivity (Wildman–Crippen MR) is 53.0 cm³/mol. The Labute approximate surface area is 90.0 Å². The number of carbonyl (C=O) groups excluding carboxylic acids is 1. The molecule has 1 aromatic carbocycles. The van der Waals surface area contributed by atoms with Crippen LogP contribution in [0.2, 0.25) is 0 Å². The largest absolute Gasteiger partial charge is 0.477 e. The number of rotatable bonds is 4. The number of carbonyl (C=O) groups is 2. The zero-order valence-electron chi connectivity index (χ0n) is 8.11. The summed E-state index contributed by atoms with van der Waals surface area (Å²) in [6.07, 6.45) is 3.52. The molecule has 84 valence electrons. The number of aromatic carboxylic acids is 1. The van der Waals surface area contributed by atoms with E-state index in [1.807, 2.05) is 0 Å². The first kappa shape index (κ1) is 12.0. The number of carboxylic acids is 1. The Morgan fingerprint density at radius 2 is 1.88 bits per heavy atom. The fourth-order valence-corrected chi connectivity index (χ4v) is 1.15. The van der Waals surface area contributed by atoms with Crippen molar-refractivity contribution in [1.29, 1.82) is 0 Å². The van der Waals surface area contributed by atoms with Gasteiger partial charge in [0.05, 0.1) is 0 Å². The van der Waals surface area contributed by atoms with Gasteiger partial charge in [-0.1, -0.05) is 12.2 Å². The van der Waals surface area contributed by atoms with Crippen molar-refractivity contribution in [3.05, 3.63) is 41.0 Å². The normalized spacial score (nSPS) is 10.6. The molecule has 0 bridgehead atoms. The van der Waals surface area contributed by atoms with Gasteiger partial charge in [-0.3, -0.25) is 0 Å². The van der Waals surface area contributed by atoms with E-state index in [0.29, 0.717) is 6.29 Å². The van der Waals surface area contributed by atoms with Gasteiger partial charge in [0, 0.05) is 6.42 Å². The smallest absolute Gasteiger partial charge is 0.341 e. The van der Waals surface area contributed by atoms with Crippen molar-refractivity contribution in [1.82, 2.24) is 0 Å². The highest BCUT2D eigenvalue weighted by molar-refractivity contribution is 5.88. The fourth-order valence-electron chi connectivity index (χ4n) is 1.15. The minimum atomic E-state index is -1.65. The molecule has 0 amide bonds. The Bertz CT molecular complexity index is 430. The summed E-state index contributed by atoms with van der Waals surface area (Å²) >= 11 is 0. The van der Waals surface area contributed by atoms with Crippen LogP contribution in [0.15, 0.2) is 18.2 Å². The molecule has 0 unspecified atom stereocenters. The van der Waals surface area contributed by atoms with Crippen molar-refractivity contribution in [3.63, 3.8) is 0 Å². The maximum Gasteiger partial charge on any atom is 0.341 e. The molecule has 16 heavy (non-hydrogen) atoms. The molecule has 1 aromatic rings. The molecule has 3 nitrogen and oxygen atoms in total. The van der Waals surface area contributed by atoms with Crippen molar-refractivity contribution in [2.75, 3.05) is 0 Å². The minimum Gasteiger partial charge on any atom is -0.477 e. The monoisotopic (exact) mass is 226 g/mol. The first-order valence-corrected chi connectivity index (χ1v) is 4.38. The average molecular weight is 226 g/mol. The van der Waals surface area contributed by atoms with Crippen molar-refractivity contribution in [2.24, 2.45) is 0 Å². The number of aldehydes is 1. The molecule has 0 fully saturated rings. The van der Waals surface area contributed by atoms with Crippen molar-refractivity contribution in [3.8, 4) is 0 Å². The summed E-state index contributed by atoms with van der Waals surface area (Å²) in [5.41, 5.74) is -0.811. The van der Waals surface area contributed by atoms with Crippen LogP contribution < -0.4 is 0 Å². The lowest BCUT2D eigenvalue weighted by Gasteiger charge is -2.01. The number of carboxylic acid groups (broad SMARTS) is 1. The molecule has 0 saturated heterocycles. The van der Waals surface area contributed by atoms with Crippen LogP contribution in [0.4, 0.5) is 8.78 Å². The lowest BCUT2D eigenvalue weighted by atomic mass is 10.1. The fraction of sp³-hybridized carbons (Fsp3) is 0.0909. The molecule has 0 radical (unpaired) electrons. The van der Waals surface area contributed by atoms with Crippen LogP contribution in [0.5, 0.6) is 0 Å². The lowest BCUT2D eigenvalue weighted by molar-refractivity contribution is -0.107. The van der Waals surface area contributed by atoms with Crippen molar-refractivity contribution in [2.45, 2.75) is 6.42 Å². The van der Waals surface area contributed by atoms with E-state index in [9.17, 15) is 18.4 Å². The van der Waals surface area contributed by atoms with Crippen LogP contribution >= 0.6 is 0 Å². The zero-order valence-corrected chi connectivity index (χ0v) is 8.11. The molecule has 1 N–H and O–H groups in total. The number of benzene rings is 1. The zero-order chi connectivity index (χ0) is 12.1. The van der Waals surface area contributed by atoms with Gasteiger partial charge in [-0.25, -0.2) is 13.6 Å². The number of hydrogen-bond acceptors (Lipinski definition) is 2. The Morgan fingerprint density at radius 3 is 2.31 bits per heavy atom. The highest BCUT2D eigenvalue weighted by Gasteiger charge is 2.16. The van der Waals surface area contributed by atoms with Gasteiger partial charge < -0.3 is 9.90 Å². The highest BCUT2D eigenvalue weighted by atomic mass is 19.1. The number of hydrogen-bond donors (Lipinski definition) is 1. The predicted octanol–water partition coefficient (Wildman–Crippen LogP) is 2.27. The molecular weight excluding hydrogens is 218 g/mol. The Hall–Kier alpha value is -2.04. The van der Waals surface area contributed by atoms with E-state index in [2.05, 4.69) is 0 Å². The summed E-state index contributed by atoms with van der Waals surface area (Å²) in [4.78, 5) is 20.5. The highest BCUT2D eigenvalue weighted by Crippen LogP contribution is 2.16. The van der Waals surface area contributed by atoms with Gasteiger partial charge in [-0.15, -0.1) is 0 Å². The van der Waals surface area contributed by atoms with Crippen molar-refractivity contribution < 1.29 is 23.5 Å². The lowest BCUT2D eigenvalue weighted by Crippen LogP contribution is -2.04. The van der Waals surface area contributed by atoms with Gasteiger partial charge in [-0.2, -0.15) is 0 Å². The van der Waals surface area contributed by atoms with E-state index in [1.165, 1.54) is 12.2 Å². The maximum absolute atomic E-state index is 13.1. The molecule has 0 aliphatic carbocycles. The van der Waals surface area contributed by atoms with Crippen molar-refractivity contribution >= 4 is 18.3 Å². The standard InChI is InChI=1S/C11H8F2O3/c12-8-5-7(3-1-2-4-14)6-9(13)10(8)11(15)16/h1,3-6H,2H2,(H,15,16). The molecule has 5 heteroatoms. The Morgan fingerprint density at radius 1 is 1.31 bits per heavy atom. The number of allylic oxidation sites excluding steroid dienone is 1. The van der Waals surface area contributed by atoms with Crippen LogP contribution in [0.1, 0.15) is 22.3 Å². The molecule has 0 aliphatic rings. The van der Waals surface area contributed by atoms with Crippen LogP contribution in [0.3, 0.4) is 0 Å². The molecule has 0 atom stereocenters. The third-order valence-electron chi connectivity index (χ3n) is 1.82. The topological polar surface area (TPSA) is 54.4 Å². The van der Waals surface area contributed by atoms with Gasteiger partial charge in [0.2, 0.25) is 0 Å². The molecule has 0 spiro atoms. The summed E-state index contributed by atoms with van der Waals surface area (Å²) in [6.45, 7) is 0. The first-order chi connectivity index (χ1) is 7.56. The van der Waals surface area contributed by atoms with E-state index in [4.69, 9.17) is 5.11 Å². The molecule has 0 aliphatic heterocycles. The molecule has 0 saturated carbocycles. The summed E-state index contributed by atoms with van der Waals surface area (Å²) in [6, 6.07) is 1.79. The molecule has 0 heterocycles. The second kappa shape index (κ2) is 5.16. The molecule has 1 rings (SSSR count). The van der Waals surface area contributed by atoms with Gasteiger partial charge in [-0.05, 0) is 17.7 Å². The first-order valence-electron chi connectivity index (χ1n) is 4.38. The molecular formula is C11H8F2O3. The summed E-state index contributed by atoms with van der Waals surface area (Å²) < 4.78 is 26.3.